The summed E-state index contributed by atoms with van der Waals surface area (Å²) in [6.07, 6.45) is 4.61. The van der Waals surface area contributed by atoms with Crippen LogP contribution in [0.5, 0.6) is 0 Å². The lowest BCUT2D eigenvalue weighted by atomic mass is 9.79. The van der Waals surface area contributed by atoms with Gasteiger partial charge in [-0.25, -0.2) is 4.39 Å². The van der Waals surface area contributed by atoms with Crippen LogP contribution in [0, 0.1) is 5.41 Å². The first-order chi connectivity index (χ1) is 11.0. The van der Waals surface area contributed by atoms with Crippen LogP contribution in [-0.2, 0) is 15.7 Å². The summed E-state index contributed by atoms with van der Waals surface area (Å²) in [7, 11) is -0.900. The third-order valence-corrected chi connectivity index (χ3v) is 5.14. The van der Waals surface area contributed by atoms with Gasteiger partial charge >= 0.3 is 7.12 Å². The highest BCUT2D eigenvalue weighted by Crippen LogP contribution is 2.39. The van der Waals surface area contributed by atoms with E-state index in [2.05, 4.69) is 38.1 Å². The number of halogens is 1. The Morgan fingerprint density at radius 1 is 1.08 bits per heavy atom. The Morgan fingerprint density at radius 3 is 2.17 bits per heavy atom. The molecule has 4 heteroatoms. The molecule has 0 bridgehead atoms. The van der Waals surface area contributed by atoms with Crippen molar-refractivity contribution in [2.75, 3.05) is 0 Å². The Labute approximate surface area is 146 Å². The van der Waals surface area contributed by atoms with Crippen LogP contribution in [0.15, 0.2) is 42.1 Å². The summed E-state index contributed by atoms with van der Waals surface area (Å²) in [5.41, 5.74) is -0.259. The van der Waals surface area contributed by atoms with Crippen molar-refractivity contribution < 1.29 is 13.7 Å². The fourth-order valence-corrected chi connectivity index (χ4v) is 2.86. The zero-order valence-corrected chi connectivity index (χ0v) is 15.9. The van der Waals surface area contributed by atoms with Gasteiger partial charge in [0.15, 0.2) is 0 Å². The average molecular weight is 332 g/mol. The molecule has 0 aliphatic carbocycles. The fourth-order valence-electron chi connectivity index (χ4n) is 2.86. The maximum atomic E-state index is 14.7. The lowest BCUT2D eigenvalue weighted by molar-refractivity contribution is 0.00578. The first kappa shape index (κ1) is 19.2. The van der Waals surface area contributed by atoms with Crippen LogP contribution < -0.4 is 0 Å². The number of hydrogen-bond donors (Lipinski definition) is 0. The maximum absolute atomic E-state index is 14.7. The molecule has 1 aromatic rings. The lowest BCUT2D eigenvalue weighted by Gasteiger charge is -2.32. The van der Waals surface area contributed by atoms with Gasteiger partial charge < -0.3 is 9.31 Å². The van der Waals surface area contributed by atoms with Crippen LogP contribution in [0.25, 0.3) is 0 Å². The van der Waals surface area contributed by atoms with E-state index in [1.54, 1.807) is 6.08 Å². The van der Waals surface area contributed by atoms with Crippen LogP contribution >= 0.6 is 0 Å². The summed E-state index contributed by atoms with van der Waals surface area (Å²) in [6.45, 7) is 11.9. The molecule has 0 aromatic heterocycles. The van der Waals surface area contributed by atoms with Gasteiger partial charge in [0.25, 0.3) is 0 Å². The second kappa shape index (κ2) is 7.01. The van der Waals surface area contributed by atoms with Gasteiger partial charge in [0.05, 0.1) is 11.2 Å². The summed E-state index contributed by atoms with van der Waals surface area (Å²) < 4.78 is 26.2. The molecule has 0 radical (unpaired) electrons. The van der Waals surface area contributed by atoms with E-state index in [-0.39, 0.29) is 11.1 Å². The van der Waals surface area contributed by atoms with Gasteiger partial charge in [0.2, 0.25) is 0 Å². The van der Waals surface area contributed by atoms with Crippen LogP contribution in [0.1, 0.15) is 59.9 Å². The van der Waals surface area contributed by atoms with Crippen LogP contribution in [0.4, 0.5) is 4.39 Å². The molecule has 1 fully saturated rings. The molecule has 1 saturated heterocycles. The van der Waals surface area contributed by atoms with E-state index in [0.717, 1.165) is 19.3 Å². The van der Waals surface area contributed by atoms with E-state index in [1.807, 2.05) is 33.8 Å². The summed E-state index contributed by atoms with van der Waals surface area (Å²) >= 11 is 0. The SMILES string of the molecule is CC(C)(C=C(F)B1OC(C)(C)C(C)(C)O1)CCCc1ccccc1. The van der Waals surface area contributed by atoms with Crippen LogP contribution in [-0.4, -0.2) is 18.3 Å². The van der Waals surface area contributed by atoms with Gasteiger partial charge in [-0.05, 0) is 57.9 Å². The second-order valence-electron chi connectivity index (χ2n) is 8.45. The van der Waals surface area contributed by atoms with Crippen molar-refractivity contribution in [3.63, 3.8) is 0 Å². The Kier molecular flexibility index (Phi) is 5.61. The summed E-state index contributed by atoms with van der Waals surface area (Å²) in [6, 6.07) is 10.4. The molecule has 1 aromatic carbocycles. The van der Waals surface area contributed by atoms with Crippen molar-refractivity contribution in [3.8, 4) is 0 Å². The van der Waals surface area contributed by atoms with E-state index in [0.29, 0.717) is 0 Å². The highest BCUT2D eigenvalue weighted by atomic mass is 19.1. The third-order valence-electron chi connectivity index (χ3n) is 5.14. The fraction of sp³-hybridized carbons (Fsp3) is 0.600. The van der Waals surface area contributed by atoms with E-state index in [4.69, 9.17) is 9.31 Å². The number of allylic oxidation sites excluding steroid dienone is 1. The number of aryl methyl sites for hydroxylation is 1. The molecule has 2 nitrogen and oxygen atoms in total. The van der Waals surface area contributed by atoms with E-state index < -0.39 is 18.3 Å². The minimum atomic E-state index is -0.900. The molecular formula is C20H30BFO2. The summed E-state index contributed by atoms with van der Waals surface area (Å²) in [4.78, 5) is 0. The van der Waals surface area contributed by atoms with E-state index in [9.17, 15) is 4.39 Å². The quantitative estimate of drug-likeness (QED) is 0.639. The zero-order chi connectivity index (χ0) is 18.0. The highest BCUT2D eigenvalue weighted by molar-refractivity contribution is 6.53. The monoisotopic (exact) mass is 332 g/mol. The molecule has 1 heterocycles. The Bertz CT molecular complexity index is 563. The minimum absolute atomic E-state index is 0.234. The van der Waals surface area contributed by atoms with Gasteiger partial charge in [-0.15, -0.1) is 0 Å². The molecule has 0 unspecified atom stereocenters. The molecule has 0 saturated carbocycles. The highest BCUT2D eigenvalue weighted by Gasteiger charge is 2.53. The van der Waals surface area contributed by atoms with Crippen molar-refractivity contribution in [2.45, 2.75) is 72.0 Å². The van der Waals surface area contributed by atoms with Gasteiger partial charge in [0.1, 0.15) is 5.73 Å². The minimum Gasteiger partial charge on any atom is -0.398 e. The average Bonchev–Trinajstić information content (AvgIpc) is 2.68. The van der Waals surface area contributed by atoms with Crippen molar-refractivity contribution in [2.24, 2.45) is 5.41 Å². The topological polar surface area (TPSA) is 18.5 Å². The Hall–Kier alpha value is -1.13. The standard InChI is InChI=1S/C20H30BFO2/c1-18(2,14-10-13-16-11-8-7-9-12-16)15-17(22)21-23-19(3,4)20(5,6)24-21/h7-9,11-12,15H,10,13-14H2,1-6H3. The first-order valence-corrected chi connectivity index (χ1v) is 8.80. The molecule has 1 aliphatic rings. The maximum Gasteiger partial charge on any atom is 0.524 e. The predicted octanol–water partition coefficient (Wildman–Crippen LogP) is 5.52. The molecule has 132 valence electrons. The third kappa shape index (κ3) is 4.70. The summed E-state index contributed by atoms with van der Waals surface area (Å²) in [5.74, 6) is 0. The molecule has 0 spiro atoms. The van der Waals surface area contributed by atoms with Gasteiger partial charge in [0, 0.05) is 0 Å². The predicted molar refractivity (Wildman–Crippen MR) is 98.4 cm³/mol. The van der Waals surface area contributed by atoms with Crippen LogP contribution in [0.3, 0.4) is 0 Å². The van der Waals surface area contributed by atoms with Crippen LogP contribution in [0.2, 0.25) is 0 Å². The van der Waals surface area contributed by atoms with Crippen molar-refractivity contribution in [1.82, 2.24) is 0 Å². The first-order valence-electron chi connectivity index (χ1n) is 8.80. The van der Waals surface area contributed by atoms with Crippen molar-refractivity contribution in [1.29, 1.82) is 0 Å². The molecule has 1 aliphatic heterocycles. The second-order valence-corrected chi connectivity index (χ2v) is 8.45. The molecule has 0 atom stereocenters. The van der Waals surface area contributed by atoms with E-state index in [1.165, 1.54) is 5.56 Å². The van der Waals surface area contributed by atoms with E-state index >= 15 is 0 Å². The number of benzene rings is 1. The lowest BCUT2D eigenvalue weighted by Crippen LogP contribution is -2.41. The van der Waals surface area contributed by atoms with Gasteiger partial charge in [-0.2, -0.15) is 0 Å². The number of rotatable bonds is 6. The smallest absolute Gasteiger partial charge is 0.398 e. The molecule has 24 heavy (non-hydrogen) atoms. The van der Waals surface area contributed by atoms with Crippen molar-refractivity contribution in [3.05, 3.63) is 47.7 Å². The molecular weight excluding hydrogens is 302 g/mol. The van der Waals surface area contributed by atoms with Crippen molar-refractivity contribution >= 4 is 7.12 Å². The largest absolute Gasteiger partial charge is 0.524 e. The Balaban J connectivity index is 1.93. The molecule has 0 N–H and O–H groups in total. The normalized spacial score (nSPS) is 20.5. The van der Waals surface area contributed by atoms with Gasteiger partial charge in [-0.1, -0.05) is 50.3 Å². The summed E-state index contributed by atoms with van der Waals surface area (Å²) in [5, 5.41) is 0. The number of hydrogen-bond acceptors (Lipinski definition) is 2. The molecule has 2 rings (SSSR count). The zero-order valence-electron chi connectivity index (χ0n) is 15.9. The Morgan fingerprint density at radius 2 is 1.62 bits per heavy atom. The molecule has 0 amide bonds. The van der Waals surface area contributed by atoms with Gasteiger partial charge in [-0.3, -0.25) is 0 Å².